The van der Waals surface area contributed by atoms with Crippen LogP contribution in [0.4, 0.5) is 5.82 Å². The number of hydrogen-bond donors (Lipinski definition) is 5. The molecule has 0 aliphatic heterocycles. The summed E-state index contributed by atoms with van der Waals surface area (Å²) in [6.07, 6.45) is 0.166. The van der Waals surface area contributed by atoms with Crippen LogP contribution in [-0.4, -0.2) is 40.8 Å². The number of hydrogen-bond acceptors (Lipinski definition) is 8. The first-order valence-electron chi connectivity index (χ1n) is 9.30. The number of nitrogens with one attached hydrogen (secondary N) is 1. The average molecular weight is 525 g/mol. The minimum Gasteiger partial charge on any atom is -0.346 e. The number of benzene rings is 1. The van der Waals surface area contributed by atoms with Crippen molar-refractivity contribution in [2.75, 3.05) is 5.32 Å². The molecule has 14 heteroatoms. The number of anilines is 1. The van der Waals surface area contributed by atoms with E-state index in [1.807, 2.05) is 5.38 Å². The van der Waals surface area contributed by atoms with Crippen LogP contribution in [0.1, 0.15) is 15.2 Å². The van der Waals surface area contributed by atoms with Crippen molar-refractivity contribution in [1.29, 1.82) is 0 Å². The molecule has 10 nitrogen and oxygen atoms in total. The molecule has 4 aromatic rings. The quantitative estimate of drug-likeness (QED) is 0.168. The number of rotatable bonds is 8. The highest BCUT2D eigenvalue weighted by atomic mass is 32.1. The fraction of sp³-hybridized carbons (Fsp3) is 0.105. The van der Waals surface area contributed by atoms with Crippen molar-refractivity contribution in [3.8, 4) is 11.4 Å². The Kier molecular flexibility index (Phi) is 6.63. The first kappa shape index (κ1) is 23.9. The van der Waals surface area contributed by atoms with Crippen LogP contribution >= 0.6 is 37.9 Å². The van der Waals surface area contributed by atoms with E-state index in [1.165, 1.54) is 22.7 Å². The van der Waals surface area contributed by atoms with Gasteiger partial charge >= 0.3 is 15.2 Å². The number of fused-ring (bicyclic) bond motifs is 1. The minimum absolute atomic E-state index is 0.0368. The second kappa shape index (κ2) is 9.17. The van der Waals surface area contributed by atoms with Gasteiger partial charge in [-0.1, -0.05) is 24.3 Å². The SMILES string of the molecule is O=C(Cc1cccc(-c2nc(NC(P(=O)(O)O)P(=O)(O)O)c3ccsc3n2)c1)c1cccs1. The van der Waals surface area contributed by atoms with Crippen molar-refractivity contribution in [3.63, 3.8) is 0 Å². The van der Waals surface area contributed by atoms with Gasteiger partial charge in [0.05, 0.1) is 10.3 Å². The molecule has 3 heterocycles. The Bertz CT molecular complexity index is 1390. The van der Waals surface area contributed by atoms with Gasteiger partial charge in [-0.15, -0.1) is 22.7 Å². The van der Waals surface area contributed by atoms with Crippen molar-refractivity contribution in [1.82, 2.24) is 9.97 Å². The highest BCUT2D eigenvalue weighted by Crippen LogP contribution is 2.59. The summed E-state index contributed by atoms with van der Waals surface area (Å²) in [6.45, 7) is 0. The van der Waals surface area contributed by atoms with E-state index in [0.717, 1.165) is 5.56 Å². The summed E-state index contributed by atoms with van der Waals surface area (Å²) >= 11 is 2.59. The summed E-state index contributed by atoms with van der Waals surface area (Å²) in [7, 11) is -10.4. The maximum absolute atomic E-state index is 12.4. The van der Waals surface area contributed by atoms with Crippen molar-refractivity contribution in [2.24, 2.45) is 0 Å². The standard InChI is InChI=1S/C19H17N3O7P2S2/c23-14(15-5-2-7-32-15)10-11-3-1-4-12(9-11)16-20-17(13-6-8-33-18(13)21-16)22-19(30(24,25)26)31(27,28)29/h1-9,19H,10H2,(H,20,21,22)(H2,24,25,26)(H2,27,28,29). The van der Waals surface area contributed by atoms with E-state index in [0.29, 0.717) is 20.7 Å². The molecule has 3 aromatic heterocycles. The molecule has 0 fully saturated rings. The van der Waals surface area contributed by atoms with E-state index in [2.05, 4.69) is 15.3 Å². The lowest BCUT2D eigenvalue weighted by atomic mass is 10.0. The number of nitrogens with zero attached hydrogens (tertiary/aromatic N) is 2. The highest BCUT2D eigenvalue weighted by molar-refractivity contribution is 7.71. The van der Waals surface area contributed by atoms with Crippen molar-refractivity contribution < 1.29 is 33.5 Å². The smallest absolute Gasteiger partial charge is 0.346 e. The molecule has 0 saturated heterocycles. The molecule has 4 rings (SSSR count). The molecule has 1 aromatic carbocycles. The molecule has 33 heavy (non-hydrogen) atoms. The third kappa shape index (κ3) is 5.46. The first-order chi connectivity index (χ1) is 15.5. The lowest BCUT2D eigenvalue weighted by molar-refractivity contribution is 0.0996. The van der Waals surface area contributed by atoms with Crippen LogP contribution < -0.4 is 5.32 Å². The molecule has 172 valence electrons. The van der Waals surface area contributed by atoms with Gasteiger partial charge in [-0.3, -0.25) is 13.9 Å². The fourth-order valence-corrected chi connectivity index (χ4v) is 6.69. The molecule has 0 saturated carbocycles. The molecule has 0 atom stereocenters. The predicted octanol–water partition coefficient (Wildman–Crippen LogP) is 3.90. The molecule has 0 aliphatic rings. The molecular formula is C19H17N3O7P2S2. The zero-order chi connectivity index (χ0) is 23.8. The van der Waals surface area contributed by atoms with E-state index < -0.39 is 20.7 Å². The maximum Gasteiger partial charge on any atom is 0.360 e. The van der Waals surface area contributed by atoms with Crippen molar-refractivity contribution in [3.05, 3.63) is 63.7 Å². The Labute approximate surface area is 195 Å². The van der Waals surface area contributed by atoms with Gasteiger partial charge in [-0.05, 0) is 34.5 Å². The number of Topliss-reactive ketones (excluding diaryl/α,β-unsaturated/α-hetero) is 1. The van der Waals surface area contributed by atoms with Crippen molar-refractivity contribution >= 4 is 59.7 Å². The van der Waals surface area contributed by atoms with E-state index in [-0.39, 0.29) is 23.8 Å². The van der Waals surface area contributed by atoms with Gasteiger partial charge in [0, 0.05) is 12.0 Å². The number of ketones is 1. The van der Waals surface area contributed by atoms with E-state index in [9.17, 15) is 33.5 Å². The molecule has 0 spiro atoms. The summed E-state index contributed by atoms with van der Waals surface area (Å²) in [5, 5.41) is 6.10. The number of carbonyl (C=O) groups excluding carboxylic acids is 1. The molecule has 0 bridgehead atoms. The summed E-state index contributed by atoms with van der Waals surface area (Å²) < 4.78 is 23.4. The summed E-state index contributed by atoms with van der Waals surface area (Å²) in [4.78, 5) is 60.2. The third-order valence-corrected chi connectivity index (χ3v) is 9.63. The lowest BCUT2D eigenvalue weighted by Gasteiger charge is -2.21. The number of carbonyl (C=O) groups is 1. The Hall–Kier alpha value is -2.27. The largest absolute Gasteiger partial charge is 0.360 e. The zero-order valence-corrected chi connectivity index (χ0v) is 20.0. The molecule has 0 aliphatic carbocycles. The number of thiophene rings is 2. The first-order valence-corrected chi connectivity index (χ1v) is 14.4. The molecule has 0 unspecified atom stereocenters. The third-order valence-electron chi connectivity index (χ3n) is 4.57. The van der Waals surface area contributed by atoms with Crippen LogP contribution in [0, 0.1) is 0 Å². The van der Waals surface area contributed by atoms with Gasteiger partial charge in [0.15, 0.2) is 11.6 Å². The van der Waals surface area contributed by atoms with E-state index in [4.69, 9.17) is 0 Å². The van der Waals surface area contributed by atoms with Gasteiger partial charge in [-0.25, -0.2) is 9.97 Å². The van der Waals surface area contributed by atoms with E-state index >= 15 is 0 Å². The Morgan fingerprint density at radius 2 is 1.73 bits per heavy atom. The topological polar surface area (TPSA) is 170 Å². The Morgan fingerprint density at radius 3 is 2.39 bits per heavy atom. The average Bonchev–Trinajstić information content (AvgIpc) is 3.42. The Morgan fingerprint density at radius 1 is 0.970 bits per heavy atom. The summed E-state index contributed by atoms with van der Waals surface area (Å²) in [6, 6.07) is 12.1. The van der Waals surface area contributed by atoms with Crippen LogP contribution in [0.3, 0.4) is 0 Å². The fourth-order valence-electron chi connectivity index (χ4n) is 3.11. The number of aromatic nitrogens is 2. The van der Waals surface area contributed by atoms with Crippen LogP contribution in [0.25, 0.3) is 21.6 Å². The predicted molar refractivity (Wildman–Crippen MR) is 127 cm³/mol. The minimum atomic E-state index is -5.22. The normalized spacial score (nSPS) is 12.4. The van der Waals surface area contributed by atoms with Gasteiger partial charge in [0.1, 0.15) is 10.6 Å². The lowest BCUT2D eigenvalue weighted by Crippen LogP contribution is -2.21. The zero-order valence-electron chi connectivity index (χ0n) is 16.6. The van der Waals surface area contributed by atoms with Crippen molar-refractivity contribution in [2.45, 2.75) is 11.9 Å². The summed E-state index contributed by atoms with van der Waals surface area (Å²) in [5.74, 6) is 0.0197. The van der Waals surface area contributed by atoms with Crippen LogP contribution in [0.15, 0.2) is 53.2 Å². The second-order valence-corrected chi connectivity index (χ2v) is 12.6. The van der Waals surface area contributed by atoms with Gasteiger partial charge in [0.2, 0.25) is 5.52 Å². The van der Waals surface area contributed by atoms with Crippen LogP contribution in [0.5, 0.6) is 0 Å². The molecule has 5 N–H and O–H groups in total. The molecule has 0 radical (unpaired) electrons. The van der Waals surface area contributed by atoms with E-state index in [1.54, 1.807) is 47.8 Å². The van der Waals surface area contributed by atoms with Gasteiger partial charge < -0.3 is 24.9 Å². The maximum atomic E-state index is 12.4. The van der Waals surface area contributed by atoms with Crippen LogP contribution in [0.2, 0.25) is 0 Å². The molecule has 0 amide bonds. The van der Waals surface area contributed by atoms with Gasteiger partial charge in [-0.2, -0.15) is 0 Å². The second-order valence-electron chi connectivity index (χ2n) is 7.01. The molecular weight excluding hydrogens is 508 g/mol. The van der Waals surface area contributed by atoms with Gasteiger partial charge in [0.25, 0.3) is 0 Å². The summed E-state index contributed by atoms with van der Waals surface area (Å²) in [5.41, 5.74) is -1.20. The Balaban J connectivity index is 1.72. The van der Waals surface area contributed by atoms with Crippen LogP contribution in [-0.2, 0) is 15.6 Å². The monoisotopic (exact) mass is 525 g/mol. The highest BCUT2D eigenvalue weighted by Gasteiger charge is 2.44.